The normalized spacial score (nSPS) is 12.0. The lowest BCUT2D eigenvalue weighted by Crippen LogP contribution is -1.61. The zero-order valence-electron chi connectivity index (χ0n) is 8.04. The summed E-state index contributed by atoms with van der Waals surface area (Å²) in [6.07, 6.45) is 6.36. The monoisotopic (exact) mass is 194 g/mol. The Bertz CT molecular complexity index is 121. The number of hydrogen-bond acceptors (Lipinski definition) is 2. The molecule has 1 unspecified atom stereocenters. The molecule has 0 spiro atoms. The van der Waals surface area contributed by atoms with Gasteiger partial charge in [0.05, 0.1) is 6.26 Å². The third-order valence-corrected chi connectivity index (χ3v) is 1.34. The van der Waals surface area contributed by atoms with Crippen molar-refractivity contribution in [2.45, 2.75) is 40.0 Å². The van der Waals surface area contributed by atoms with Gasteiger partial charge in [-0.1, -0.05) is 33.6 Å². The highest BCUT2D eigenvalue weighted by Crippen LogP contribution is 2.13. The summed E-state index contributed by atoms with van der Waals surface area (Å²) in [5.41, 5.74) is 0. The lowest BCUT2D eigenvalue weighted by atomic mass is 10.4. The molecule has 0 aromatic heterocycles. The first kappa shape index (κ1) is 14.3. The number of allylic oxidation sites excluding steroid dienone is 1. The van der Waals surface area contributed by atoms with Crippen LogP contribution in [0.25, 0.3) is 0 Å². The molecule has 4 heteroatoms. The summed E-state index contributed by atoms with van der Waals surface area (Å²) in [7, 11) is -2.74. The summed E-state index contributed by atoms with van der Waals surface area (Å²) in [6.45, 7) is 6.27. The maximum Gasteiger partial charge on any atom is 0.364 e. The van der Waals surface area contributed by atoms with Gasteiger partial charge >= 0.3 is 8.25 Å². The van der Waals surface area contributed by atoms with E-state index in [-0.39, 0.29) is 0 Å². The molecule has 0 aromatic rings. The van der Waals surface area contributed by atoms with Gasteiger partial charge in [-0.25, -0.2) is 4.57 Å². The molecule has 0 saturated carbocycles. The van der Waals surface area contributed by atoms with Gasteiger partial charge in [-0.15, -0.1) is 0 Å². The summed E-state index contributed by atoms with van der Waals surface area (Å²) < 4.78 is 14.0. The van der Waals surface area contributed by atoms with Crippen LogP contribution in [-0.4, -0.2) is 4.89 Å². The van der Waals surface area contributed by atoms with E-state index in [0.29, 0.717) is 0 Å². The molecule has 3 nitrogen and oxygen atoms in total. The summed E-state index contributed by atoms with van der Waals surface area (Å²) in [6, 6.07) is 0. The standard InChI is InChI=1S/C4H9O3P.C4H10/c1-2-3-4-7-8(5)6;1-3-4-2/h3-4,8H,2H2,1H3,(H,5,6);3-4H2,1-2H3/b4-3+;. The van der Waals surface area contributed by atoms with Crippen LogP contribution < -0.4 is 0 Å². The van der Waals surface area contributed by atoms with Gasteiger partial charge in [-0.05, 0) is 12.5 Å². The van der Waals surface area contributed by atoms with Crippen molar-refractivity contribution < 1.29 is 14.0 Å². The number of rotatable bonds is 4. The molecule has 12 heavy (non-hydrogen) atoms. The molecule has 0 saturated heterocycles. The fourth-order valence-corrected chi connectivity index (χ4v) is 0.415. The number of hydrogen-bond donors (Lipinski definition) is 1. The summed E-state index contributed by atoms with van der Waals surface area (Å²) in [5, 5.41) is 0. The first-order valence-corrected chi connectivity index (χ1v) is 5.49. The molecule has 1 N–H and O–H groups in total. The topological polar surface area (TPSA) is 46.5 Å². The Kier molecular flexibility index (Phi) is 15.8. The third-order valence-electron chi connectivity index (χ3n) is 1.00. The average Bonchev–Trinajstić information content (AvgIpc) is 2.05. The van der Waals surface area contributed by atoms with Crippen LogP contribution in [0.4, 0.5) is 0 Å². The predicted molar refractivity (Wildman–Crippen MR) is 52.3 cm³/mol. The largest absolute Gasteiger partial charge is 0.435 e. The van der Waals surface area contributed by atoms with E-state index in [2.05, 4.69) is 18.4 Å². The molecule has 0 aliphatic carbocycles. The quantitative estimate of drug-likeness (QED) is 0.552. The smallest absolute Gasteiger partial charge is 0.364 e. The van der Waals surface area contributed by atoms with Gasteiger partial charge < -0.3 is 9.42 Å². The van der Waals surface area contributed by atoms with Crippen LogP contribution in [0.3, 0.4) is 0 Å². The van der Waals surface area contributed by atoms with Crippen LogP contribution in [0, 0.1) is 0 Å². The van der Waals surface area contributed by atoms with Gasteiger partial charge in [0.15, 0.2) is 0 Å². The lowest BCUT2D eigenvalue weighted by Gasteiger charge is -1.88. The van der Waals surface area contributed by atoms with Gasteiger partial charge in [-0.3, -0.25) is 0 Å². The molecule has 0 aromatic carbocycles. The molecule has 1 atom stereocenters. The second kappa shape index (κ2) is 13.3. The fraction of sp³-hybridized carbons (Fsp3) is 0.750. The SMILES string of the molecule is CC/C=C/O[PH](=O)O.CCCC. The maximum atomic E-state index is 9.79. The van der Waals surface area contributed by atoms with Crippen molar-refractivity contribution in [1.82, 2.24) is 0 Å². The van der Waals surface area contributed by atoms with E-state index in [1.165, 1.54) is 19.1 Å². The van der Waals surface area contributed by atoms with Crippen molar-refractivity contribution in [2.75, 3.05) is 0 Å². The zero-order chi connectivity index (χ0) is 9.82. The van der Waals surface area contributed by atoms with E-state index in [9.17, 15) is 4.57 Å². The maximum absolute atomic E-state index is 9.79. The molecular formula is C8H19O3P. The summed E-state index contributed by atoms with van der Waals surface area (Å²) in [4.78, 5) is 8.05. The van der Waals surface area contributed by atoms with Gasteiger partial charge in [0.1, 0.15) is 0 Å². The molecule has 0 aliphatic rings. The zero-order valence-corrected chi connectivity index (χ0v) is 9.04. The molecule has 0 radical (unpaired) electrons. The second-order valence-corrected chi connectivity index (χ2v) is 2.93. The molecule has 0 bridgehead atoms. The Morgan fingerprint density at radius 2 is 1.83 bits per heavy atom. The van der Waals surface area contributed by atoms with Gasteiger partial charge in [0.25, 0.3) is 0 Å². The molecule has 0 heterocycles. The van der Waals surface area contributed by atoms with E-state index < -0.39 is 8.25 Å². The highest BCUT2D eigenvalue weighted by molar-refractivity contribution is 7.32. The van der Waals surface area contributed by atoms with Crippen LogP contribution in [-0.2, 0) is 9.09 Å². The highest BCUT2D eigenvalue weighted by Gasteiger charge is 1.79. The molecular weight excluding hydrogens is 175 g/mol. The Balaban J connectivity index is 0. The van der Waals surface area contributed by atoms with Crippen LogP contribution in [0.1, 0.15) is 40.0 Å². The molecule has 0 amide bonds. The first-order chi connectivity index (χ1) is 5.68. The van der Waals surface area contributed by atoms with Gasteiger partial charge in [-0.2, -0.15) is 0 Å². The van der Waals surface area contributed by atoms with Crippen molar-refractivity contribution in [1.29, 1.82) is 0 Å². The molecule has 0 rings (SSSR count). The van der Waals surface area contributed by atoms with Crippen molar-refractivity contribution in [3.8, 4) is 0 Å². The molecule has 0 fully saturated rings. The fourth-order valence-electron chi connectivity index (χ4n) is 0.203. The summed E-state index contributed by atoms with van der Waals surface area (Å²) in [5.74, 6) is 0. The Morgan fingerprint density at radius 1 is 1.33 bits per heavy atom. The Labute approximate surface area is 75.4 Å². The number of unbranched alkanes of at least 4 members (excludes halogenated alkanes) is 1. The highest BCUT2D eigenvalue weighted by atomic mass is 31.1. The van der Waals surface area contributed by atoms with Crippen molar-refractivity contribution in [3.05, 3.63) is 12.3 Å². The summed E-state index contributed by atoms with van der Waals surface area (Å²) >= 11 is 0. The van der Waals surface area contributed by atoms with E-state index in [1.54, 1.807) is 6.08 Å². The Morgan fingerprint density at radius 3 is 2.08 bits per heavy atom. The minimum absolute atomic E-state index is 0.815. The molecule has 0 aliphatic heterocycles. The van der Waals surface area contributed by atoms with Crippen molar-refractivity contribution in [3.63, 3.8) is 0 Å². The van der Waals surface area contributed by atoms with E-state index in [1.807, 2.05) is 6.92 Å². The van der Waals surface area contributed by atoms with Crippen LogP contribution >= 0.6 is 8.25 Å². The lowest BCUT2D eigenvalue weighted by molar-refractivity contribution is 0.377. The van der Waals surface area contributed by atoms with E-state index in [4.69, 9.17) is 4.89 Å². The predicted octanol–water partition coefficient (Wildman–Crippen LogP) is 3.12. The first-order valence-electron chi connectivity index (χ1n) is 4.23. The van der Waals surface area contributed by atoms with Crippen LogP contribution in [0.5, 0.6) is 0 Å². The third kappa shape index (κ3) is 22.6. The van der Waals surface area contributed by atoms with Crippen LogP contribution in [0.2, 0.25) is 0 Å². The minimum atomic E-state index is -2.74. The Hall–Kier alpha value is -0.270. The minimum Gasteiger partial charge on any atom is -0.435 e. The van der Waals surface area contributed by atoms with Gasteiger partial charge in [0.2, 0.25) is 0 Å². The van der Waals surface area contributed by atoms with Crippen molar-refractivity contribution >= 4 is 8.25 Å². The van der Waals surface area contributed by atoms with E-state index >= 15 is 0 Å². The van der Waals surface area contributed by atoms with Crippen LogP contribution in [0.15, 0.2) is 12.3 Å². The molecule has 74 valence electrons. The van der Waals surface area contributed by atoms with E-state index in [0.717, 1.165) is 6.42 Å². The second-order valence-electron chi connectivity index (χ2n) is 2.16. The van der Waals surface area contributed by atoms with Crippen molar-refractivity contribution in [2.24, 2.45) is 0 Å². The average molecular weight is 194 g/mol. The van der Waals surface area contributed by atoms with Gasteiger partial charge in [0, 0.05) is 0 Å².